The molecule has 2 aliphatic rings. The van der Waals surface area contributed by atoms with E-state index < -0.39 is 5.41 Å². The lowest BCUT2D eigenvalue weighted by atomic mass is 9.83. The number of aliphatic hydroxyl groups excluding tert-OH is 1. The fourth-order valence-corrected chi connectivity index (χ4v) is 3.40. The molecule has 8 nitrogen and oxygen atoms in total. The lowest BCUT2D eigenvalue weighted by molar-refractivity contribution is 0.219. The van der Waals surface area contributed by atoms with Crippen molar-refractivity contribution in [2.45, 2.75) is 24.9 Å². The molecule has 0 spiro atoms. The first kappa shape index (κ1) is 16.7. The Balaban J connectivity index is 1.72. The molecule has 4 rings (SSSR count). The molecule has 2 aromatic rings. The van der Waals surface area contributed by atoms with Crippen molar-refractivity contribution >= 4 is 11.6 Å². The van der Waals surface area contributed by atoms with Gasteiger partial charge in [0.15, 0.2) is 0 Å². The summed E-state index contributed by atoms with van der Waals surface area (Å²) in [6.45, 7) is 3.50. The molecular weight excluding hydrogens is 330 g/mol. The zero-order valence-corrected chi connectivity index (χ0v) is 14.5. The fourth-order valence-electron chi connectivity index (χ4n) is 3.40. The van der Waals surface area contributed by atoms with E-state index in [0.717, 1.165) is 35.5 Å². The highest BCUT2D eigenvalue weighted by molar-refractivity contribution is 5.76. The van der Waals surface area contributed by atoms with Gasteiger partial charge in [-0.2, -0.15) is 5.26 Å². The molecule has 5 N–H and O–H groups in total. The molecule has 26 heavy (non-hydrogen) atoms. The molecule has 1 aromatic carbocycles. The predicted molar refractivity (Wildman–Crippen MR) is 98.3 cm³/mol. The zero-order chi connectivity index (χ0) is 18.1. The van der Waals surface area contributed by atoms with E-state index in [4.69, 9.17) is 0 Å². The molecule has 2 atom stereocenters. The van der Waals surface area contributed by atoms with E-state index in [1.54, 1.807) is 6.20 Å². The minimum atomic E-state index is -0.412. The summed E-state index contributed by atoms with van der Waals surface area (Å²) >= 11 is 0. The monoisotopic (exact) mass is 351 g/mol. The van der Waals surface area contributed by atoms with Crippen molar-refractivity contribution in [3.05, 3.63) is 35.5 Å². The number of hydrogen-bond donors (Lipinski definition) is 5. The number of anilines is 2. The highest BCUT2D eigenvalue weighted by Crippen LogP contribution is 2.41. The number of nitrogens with one attached hydrogen (secondary N) is 4. The highest BCUT2D eigenvalue weighted by atomic mass is 16.3. The van der Waals surface area contributed by atoms with E-state index >= 15 is 0 Å². The van der Waals surface area contributed by atoms with Crippen molar-refractivity contribution in [2.24, 2.45) is 0 Å². The van der Waals surface area contributed by atoms with Gasteiger partial charge in [0.25, 0.3) is 0 Å². The molecule has 0 bridgehead atoms. The van der Waals surface area contributed by atoms with Crippen LogP contribution in [-0.4, -0.2) is 40.9 Å². The van der Waals surface area contributed by atoms with Gasteiger partial charge >= 0.3 is 0 Å². The Bertz CT molecular complexity index is 872. The van der Waals surface area contributed by atoms with Gasteiger partial charge in [-0.15, -0.1) is 0 Å². The number of aliphatic hydroxyl groups is 1. The Labute approximate surface area is 151 Å². The van der Waals surface area contributed by atoms with Crippen LogP contribution in [0.3, 0.4) is 0 Å². The van der Waals surface area contributed by atoms with Crippen molar-refractivity contribution in [1.82, 2.24) is 20.8 Å². The molecular formula is C18H21N7O. The van der Waals surface area contributed by atoms with Gasteiger partial charge in [0.05, 0.1) is 29.7 Å². The summed E-state index contributed by atoms with van der Waals surface area (Å²) in [5.41, 5.74) is 9.66. The van der Waals surface area contributed by atoms with Gasteiger partial charge in [-0.3, -0.25) is 5.43 Å². The van der Waals surface area contributed by atoms with Crippen LogP contribution in [0, 0.1) is 11.3 Å². The van der Waals surface area contributed by atoms with Gasteiger partial charge in [0.1, 0.15) is 6.07 Å². The van der Waals surface area contributed by atoms with Crippen LogP contribution < -0.4 is 21.5 Å². The molecule has 3 heterocycles. The second kappa shape index (κ2) is 6.53. The van der Waals surface area contributed by atoms with Gasteiger partial charge in [-0.25, -0.2) is 15.4 Å². The Morgan fingerprint density at radius 1 is 1.46 bits per heavy atom. The van der Waals surface area contributed by atoms with Crippen LogP contribution in [-0.2, 0) is 5.41 Å². The second-order valence-corrected chi connectivity index (χ2v) is 6.95. The normalized spacial score (nSPS) is 24.0. The van der Waals surface area contributed by atoms with E-state index in [-0.39, 0.29) is 12.8 Å². The Morgan fingerprint density at radius 3 is 3.08 bits per heavy atom. The lowest BCUT2D eigenvalue weighted by Gasteiger charge is -2.21. The third-order valence-electron chi connectivity index (χ3n) is 5.00. The molecule has 2 unspecified atom stereocenters. The third kappa shape index (κ3) is 2.86. The SMILES string of the molecule is CC1(CO)CNc2c(C#N)cc(-c3ccnc(NC4CCNN4)n3)cc21. The maximum absolute atomic E-state index is 9.83. The van der Waals surface area contributed by atoms with Crippen LogP contribution in [0.5, 0.6) is 0 Å². The van der Waals surface area contributed by atoms with E-state index in [2.05, 4.69) is 37.5 Å². The van der Waals surface area contributed by atoms with Crippen LogP contribution in [0.4, 0.5) is 11.6 Å². The molecule has 2 aliphatic heterocycles. The molecule has 8 heteroatoms. The maximum atomic E-state index is 9.83. The summed E-state index contributed by atoms with van der Waals surface area (Å²) in [4.78, 5) is 8.88. The predicted octanol–water partition coefficient (Wildman–Crippen LogP) is 0.927. The molecule has 0 amide bonds. The number of nitriles is 1. The largest absolute Gasteiger partial charge is 0.395 e. The maximum Gasteiger partial charge on any atom is 0.224 e. The van der Waals surface area contributed by atoms with E-state index in [1.807, 2.05) is 25.1 Å². The fraction of sp³-hybridized carbons (Fsp3) is 0.389. The summed E-state index contributed by atoms with van der Waals surface area (Å²) in [6, 6.07) is 7.92. The van der Waals surface area contributed by atoms with E-state index in [0.29, 0.717) is 18.1 Å². The molecule has 1 saturated heterocycles. The lowest BCUT2D eigenvalue weighted by Crippen LogP contribution is -2.36. The molecule has 0 radical (unpaired) electrons. The van der Waals surface area contributed by atoms with E-state index in [9.17, 15) is 10.4 Å². The standard InChI is InChI=1S/C18H21N7O/c1-18(10-26)9-21-16-12(8-19)6-11(7-13(16)18)14-2-4-20-17(23-14)24-15-3-5-22-25-15/h2,4,6-7,15,21-22,25-26H,3,5,9-10H2,1H3,(H,20,23,24). The average Bonchev–Trinajstić information content (AvgIpc) is 3.30. The molecule has 0 saturated carbocycles. The second-order valence-electron chi connectivity index (χ2n) is 6.95. The Morgan fingerprint density at radius 2 is 2.35 bits per heavy atom. The minimum absolute atomic E-state index is 0.0122. The van der Waals surface area contributed by atoms with Crippen molar-refractivity contribution in [3.8, 4) is 17.3 Å². The first-order chi connectivity index (χ1) is 12.6. The Hall–Kier alpha value is -2.73. The van der Waals surface area contributed by atoms with Crippen LogP contribution in [0.1, 0.15) is 24.5 Å². The number of hydrazine groups is 1. The van der Waals surface area contributed by atoms with Gasteiger partial charge < -0.3 is 15.7 Å². The summed E-state index contributed by atoms with van der Waals surface area (Å²) < 4.78 is 0. The third-order valence-corrected chi connectivity index (χ3v) is 5.00. The molecule has 1 fully saturated rings. The van der Waals surface area contributed by atoms with Crippen molar-refractivity contribution in [2.75, 3.05) is 30.3 Å². The molecule has 1 aromatic heterocycles. The number of fused-ring (bicyclic) bond motifs is 1. The van der Waals surface area contributed by atoms with Gasteiger partial charge in [-0.1, -0.05) is 6.92 Å². The summed E-state index contributed by atoms with van der Waals surface area (Å²) in [7, 11) is 0. The summed E-state index contributed by atoms with van der Waals surface area (Å²) in [5.74, 6) is 0.533. The topological polar surface area (TPSA) is 118 Å². The highest BCUT2D eigenvalue weighted by Gasteiger charge is 2.35. The van der Waals surface area contributed by atoms with Crippen molar-refractivity contribution < 1.29 is 5.11 Å². The van der Waals surface area contributed by atoms with Gasteiger partial charge in [0, 0.05) is 30.3 Å². The summed E-state index contributed by atoms with van der Waals surface area (Å²) in [6.07, 6.45) is 2.73. The van der Waals surface area contributed by atoms with E-state index in [1.165, 1.54) is 0 Å². The van der Waals surface area contributed by atoms with Crippen molar-refractivity contribution in [3.63, 3.8) is 0 Å². The smallest absolute Gasteiger partial charge is 0.224 e. The number of aromatic nitrogens is 2. The average molecular weight is 351 g/mol. The zero-order valence-electron chi connectivity index (χ0n) is 14.5. The number of rotatable bonds is 4. The van der Waals surface area contributed by atoms with Gasteiger partial charge in [0.2, 0.25) is 5.95 Å². The first-order valence-electron chi connectivity index (χ1n) is 8.65. The van der Waals surface area contributed by atoms with Crippen LogP contribution in [0.25, 0.3) is 11.3 Å². The van der Waals surface area contributed by atoms with Gasteiger partial charge in [-0.05, 0) is 30.2 Å². The van der Waals surface area contributed by atoms with Crippen LogP contribution in [0.2, 0.25) is 0 Å². The number of benzene rings is 1. The quantitative estimate of drug-likeness (QED) is 0.552. The number of hydrogen-bond acceptors (Lipinski definition) is 8. The first-order valence-corrected chi connectivity index (χ1v) is 8.65. The molecule has 0 aliphatic carbocycles. The minimum Gasteiger partial charge on any atom is -0.395 e. The van der Waals surface area contributed by atoms with Crippen LogP contribution in [0.15, 0.2) is 24.4 Å². The molecule has 134 valence electrons. The van der Waals surface area contributed by atoms with Crippen LogP contribution >= 0.6 is 0 Å². The summed E-state index contributed by atoms with van der Waals surface area (Å²) in [5, 5.41) is 25.9. The Kier molecular flexibility index (Phi) is 4.20. The van der Waals surface area contributed by atoms with Crippen molar-refractivity contribution in [1.29, 1.82) is 5.26 Å². The number of nitrogens with zero attached hydrogens (tertiary/aromatic N) is 3.